The molecule has 0 fully saturated rings. The van der Waals surface area contributed by atoms with E-state index in [2.05, 4.69) is 15.3 Å². The van der Waals surface area contributed by atoms with E-state index in [-0.39, 0.29) is 12.0 Å². The second-order valence-corrected chi connectivity index (χ2v) is 4.45. The van der Waals surface area contributed by atoms with Crippen LogP contribution in [0.1, 0.15) is 21.7 Å². The van der Waals surface area contributed by atoms with Crippen LogP contribution in [0.25, 0.3) is 0 Å². The van der Waals surface area contributed by atoms with Crippen LogP contribution in [0.5, 0.6) is 0 Å². The zero-order valence-corrected chi connectivity index (χ0v) is 11.2. The molecule has 0 aromatic carbocycles. The van der Waals surface area contributed by atoms with Gasteiger partial charge < -0.3 is 15.4 Å². The number of anilines is 1. The summed E-state index contributed by atoms with van der Waals surface area (Å²) >= 11 is 0. The molecule has 21 heavy (non-hydrogen) atoms. The number of aromatic nitrogens is 2. The fourth-order valence-corrected chi connectivity index (χ4v) is 1.71. The molecule has 0 aliphatic carbocycles. The molecule has 2 aromatic heterocycles. The van der Waals surface area contributed by atoms with Crippen molar-refractivity contribution >= 4 is 17.6 Å². The first-order chi connectivity index (χ1) is 9.95. The van der Waals surface area contributed by atoms with Gasteiger partial charge in [-0.1, -0.05) is 0 Å². The number of H-pyrrole nitrogens is 1. The van der Waals surface area contributed by atoms with E-state index in [1.54, 1.807) is 13.0 Å². The number of hydrogen-bond acceptors (Lipinski definition) is 4. The molecule has 0 radical (unpaired) electrons. The van der Waals surface area contributed by atoms with Gasteiger partial charge in [-0.2, -0.15) is 0 Å². The van der Waals surface area contributed by atoms with Crippen LogP contribution < -0.4 is 10.9 Å². The van der Waals surface area contributed by atoms with Crippen LogP contribution in [0, 0.1) is 6.92 Å². The largest absolute Gasteiger partial charge is 0.481 e. The van der Waals surface area contributed by atoms with Crippen molar-refractivity contribution in [1.82, 2.24) is 9.97 Å². The molecule has 0 unspecified atom stereocenters. The number of aromatic amines is 1. The molecule has 1 amide bonds. The quantitative estimate of drug-likeness (QED) is 0.775. The molecule has 0 saturated heterocycles. The Bertz CT molecular complexity index is 735. The van der Waals surface area contributed by atoms with Gasteiger partial charge in [0.15, 0.2) is 0 Å². The van der Waals surface area contributed by atoms with Crippen molar-refractivity contribution in [2.45, 2.75) is 13.3 Å². The van der Waals surface area contributed by atoms with E-state index < -0.39 is 17.4 Å². The number of carboxylic acids is 1. The first-order valence-electron chi connectivity index (χ1n) is 6.13. The number of carbonyl (C=O) groups is 2. The monoisotopic (exact) mass is 287 g/mol. The zero-order chi connectivity index (χ0) is 15.4. The van der Waals surface area contributed by atoms with Crippen LogP contribution in [-0.4, -0.2) is 27.0 Å². The number of carboxylic acid groups (broad SMARTS) is 1. The van der Waals surface area contributed by atoms with Crippen molar-refractivity contribution in [2.75, 3.05) is 5.32 Å². The highest BCUT2D eigenvalue weighted by Crippen LogP contribution is 2.08. The maximum atomic E-state index is 12.0. The first kappa shape index (κ1) is 14.4. The third-order valence-corrected chi connectivity index (χ3v) is 2.71. The van der Waals surface area contributed by atoms with Gasteiger partial charge >= 0.3 is 5.97 Å². The fourth-order valence-electron chi connectivity index (χ4n) is 1.71. The SMILES string of the molecule is Cc1ccc(C(=O)Nc2ccc(CC(=O)O)nc2)c(=O)[nH]1. The smallest absolute Gasteiger partial charge is 0.309 e. The summed E-state index contributed by atoms with van der Waals surface area (Å²) in [4.78, 5) is 40.6. The lowest BCUT2D eigenvalue weighted by Crippen LogP contribution is -2.23. The lowest BCUT2D eigenvalue weighted by Gasteiger charge is -2.05. The zero-order valence-electron chi connectivity index (χ0n) is 11.2. The first-order valence-corrected chi connectivity index (χ1v) is 6.13. The number of hydrogen-bond donors (Lipinski definition) is 3. The predicted octanol–water partition coefficient (Wildman–Crippen LogP) is 0.958. The molecule has 2 rings (SSSR count). The summed E-state index contributed by atoms with van der Waals surface area (Å²) in [5.74, 6) is -1.53. The van der Waals surface area contributed by atoms with Gasteiger partial charge in [-0.05, 0) is 31.2 Å². The highest BCUT2D eigenvalue weighted by atomic mass is 16.4. The van der Waals surface area contributed by atoms with Crippen molar-refractivity contribution in [3.05, 3.63) is 57.8 Å². The van der Waals surface area contributed by atoms with Crippen molar-refractivity contribution in [3.63, 3.8) is 0 Å². The highest BCUT2D eigenvalue weighted by molar-refractivity contribution is 6.03. The molecule has 0 aliphatic rings. The third kappa shape index (κ3) is 3.75. The Labute approximate surface area is 119 Å². The summed E-state index contributed by atoms with van der Waals surface area (Å²) in [6, 6.07) is 6.11. The van der Waals surface area contributed by atoms with E-state index >= 15 is 0 Å². The third-order valence-electron chi connectivity index (χ3n) is 2.71. The van der Waals surface area contributed by atoms with Crippen LogP contribution in [-0.2, 0) is 11.2 Å². The minimum Gasteiger partial charge on any atom is -0.481 e. The standard InChI is InChI=1S/C14H13N3O4/c1-8-2-5-11(13(20)16-8)14(21)17-10-4-3-9(15-7-10)6-12(18)19/h2-5,7H,6H2,1H3,(H,16,20)(H,17,21)(H,18,19). The number of nitrogens with zero attached hydrogens (tertiary/aromatic N) is 1. The summed E-state index contributed by atoms with van der Waals surface area (Å²) in [6.45, 7) is 1.72. The van der Waals surface area contributed by atoms with Gasteiger partial charge in [-0.15, -0.1) is 0 Å². The van der Waals surface area contributed by atoms with Crippen molar-refractivity contribution in [1.29, 1.82) is 0 Å². The Morgan fingerprint density at radius 2 is 2.05 bits per heavy atom. The second-order valence-electron chi connectivity index (χ2n) is 4.45. The fraction of sp³-hybridized carbons (Fsp3) is 0.143. The number of carbonyl (C=O) groups excluding carboxylic acids is 1. The highest BCUT2D eigenvalue weighted by Gasteiger charge is 2.11. The van der Waals surface area contributed by atoms with Crippen LogP contribution in [0.3, 0.4) is 0 Å². The van der Waals surface area contributed by atoms with Gasteiger partial charge in [0.05, 0.1) is 24.0 Å². The van der Waals surface area contributed by atoms with Crippen molar-refractivity contribution < 1.29 is 14.7 Å². The minimum absolute atomic E-state index is 0.00443. The number of pyridine rings is 2. The molecule has 0 atom stereocenters. The molecular weight excluding hydrogens is 274 g/mol. The number of rotatable bonds is 4. The Morgan fingerprint density at radius 1 is 1.29 bits per heavy atom. The van der Waals surface area contributed by atoms with E-state index in [4.69, 9.17) is 5.11 Å². The summed E-state index contributed by atoms with van der Waals surface area (Å²) in [6.07, 6.45) is 1.16. The second kappa shape index (κ2) is 6.00. The summed E-state index contributed by atoms with van der Waals surface area (Å²) in [5.41, 5.74) is 0.956. The number of aliphatic carboxylic acids is 1. The minimum atomic E-state index is -0.981. The van der Waals surface area contributed by atoms with E-state index in [0.29, 0.717) is 17.1 Å². The van der Waals surface area contributed by atoms with E-state index in [1.165, 1.54) is 24.4 Å². The van der Waals surface area contributed by atoms with E-state index in [9.17, 15) is 14.4 Å². The lowest BCUT2D eigenvalue weighted by molar-refractivity contribution is -0.136. The number of aryl methyl sites for hydroxylation is 1. The van der Waals surface area contributed by atoms with Gasteiger partial charge in [-0.3, -0.25) is 19.4 Å². The van der Waals surface area contributed by atoms with Crippen LogP contribution >= 0.6 is 0 Å². The molecule has 7 heteroatoms. The summed E-state index contributed by atoms with van der Waals surface area (Å²) in [7, 11) is 0. The van der Waals surface area contributed by atoms with Gasteiger partial charge in [0.25, 0.3) is 11.5 Å². The Morgan fingerprint density at radius 3 is 2.62 bits per heavy atom. The van der Waals surface area contributed by atoms with Crippen LogP contribution in [0.2, 0.25) is 0 Å². The molecule has 2 aromatic rings. The van der Waals surface area contributed by atoms with Gasteiger partial charge in [0, 0.05) is 5.69 Å². The predicted molar refractivity (Wildman–Crippen MR) is 75.3 cm³/mol. The normalized spacial score (nSPS) is 10.1. The molecule has 3 N–H and O–H groups in total. The Kier molecular flexibility index (Phi) is 4.13. The summed E-state index contributed by atoms with van der Waals surface area (Å²) in [5, 5.41) is 11.2. The number of amides is 1. The van der Waals surface area contributed by atoms with Crippen molar-refractivity contribution in [3.8, 4) is 0 Å². The summed E-state index contributed by atoms with van der Waals surface area (Å²) < 4.78 is 0. The van der Waals surface area contributed by atoms with Crippen LogP contribution in [0.4, 0.5) is 5.69 Å². The van der Waals surface area contributed by atoms with Gasteiger partial charge in [0.1, 0.15) is 5.56 Å². The topological polar surface area (TPSA) is 112 Å². The maximum Gasteiger partial charge on any atom is 0.309 e. The van der Waals surface area contributed by atoms with E-state index in [1.807, 2.05) is 0 Å². The van der Waals surface area contributed by atoms with E-state index in [0.717, 1.165) is 0 Å². The molecule has 7 nitrogen and oxygen atoms in total. The van der Waals surface area contributed by atoms with Gasteiger partial charge in [0.2, 0.25) is 0 Å². The Hall–Kier alpha value is -2.96. The average molecular weight is 287 g/mol. The molecule has 0 spiro atoms. The molecule has 0 bridgehead atoms. The molecular formula is C14H13N3O4. The number of nitrogens with one attached hydrogen (secondary N) is 2. The maximum absolute atomic E-state index is 12.0. The Balaban J connectivity index is 2.12. The molecule has 108 valence electrons. The molecule has 2 heterocycles. The molecule has 0 aliphatic heterocycles. The average Bonchev–Trinajstić information content (AvgIpc) is 2.40. The molecule has 0 saturated carbocycles. The van der Waals surface area contributed by atoms with Crippen molar-refractivity contribution in [2.24, 2.45) is 0 Å². The lowest BCUT2D eigenvalue weighted by atomic mass is 10.2. The van der Waals surface area contributed by atoms with Gasteiger partial charge in [-0.25, -0.2) is 0 Å². The van der Waals surface area contributed by atoms with Crippen LogP contribution in [0.15, 0.2) is 35.3 Å².